The Labute approximate surface area is 103 Å². The van der Waals surface area contributed by atoms with Gasteiger partial charge in [-0.25, -0.2) is 8.78 Å². The van der Waals surface area contributed by atoms with Crippen molar-refractivity contribution in [2.24, 2.45) is 0 Å². The van der Waals surface area contributed by atoms with Crippen LogP contribution in [0.1, 0.15) is 15.9 Å². The van der Waals surface area contributed by atoms with E-state index in [9.17, 15) is 13.6 Å². The van der Waals surface area contributed by atoms with E-state index in [1.165, 1.54) is 48.6 Å². The van der Waals surface area contributed by atoms with Crippen molar-refractivity contribution < 1.29 is 13.6 Å². The Morgan fingerprint density at radius 2 is 1.67 bits per heavy atom. The van der Waals surface area contributed by atoms with Crippen molar-refractivity contribution in [2.45, 2.75) is 0 Å². The summed E-state index contributed by atoms with van der Waals surface area (Å²) in [6.07, 6.45) is 2.86. The van der Waals surface area contributed by atoms with E-state index in [-0.39, 0.29) is 17.4 Å². The molecule has 0 aromatic heterocycles. The third kappa shape index (κ3) is 3.10. The topological polar surface area (TPSA) is 17.1 Å². The minimum Gasteiger partial charge on any atom is -0.289 e. The number of hydrogen-bond acceptors (Lipinski definition) is 1. The number of hydrogen-bond donors (Lipinski definition) is 0. The van der Waals surface area contributed by atoms with Crippen molar-refractivity contribution in [2.75, 3.05) is 0 Å². The van der Waals surface area contributed by atoms with E-state index in [1.54, 1.807) is 12.1 Å². The molecule has 2 aromatic carbocycles. The molecule has 0 saturated heterocycles. The van der Waals surface area contributed by atoms with Gasteiger partial charge in [0.1, 0.15) is 11.6 Å². The summed E-state index contributed by atoms with van der Waals surface area (Å²) in [6.45, 7) is 0. The van der Waals surface area contributed by atoms with Crippen LogP contribution >= 0.6 is 0 Å². The third-order valence-corrected chi connectivity index (χ3v) is 2.40. The fourth-order valence-electron chi connectivity index (χ4n) is 1.49. The summed E-state index contributed by atoms with van der Waals surface area (Å²) in [5.41, 5.74) is 0.995. The maximum atomic E-state index is 12.9. The lowest BCUT2D eigenvalue weighted by atomic mass is 10.1. The molecular formula is C15H10F2O. The minimum absolute atomic E-state index is 0.251. The number of carbonyl (C=O) groups excluding carboxylic acids is 1. The molecule has 1 nitrogen and oxygen atoms in total. The van der Waals surface area contributed by atoms with Crippen molar-refractivity contribution in [3.05, 3.63) is 77.4 Å². The van der Waals surface area contributed by atoms with Gasteiger partial charge in [0.25, 0.3) is 0 Å². The molecule has 18 heavy (non-hydrogen) atoms. The lowest BCUT2D eigenvalue weighted by molar-refractivity contribution is 0.104. The molecule has 3 heteroatoms. The Kier molecular flexibility index (Phi) is 3.63. The second-order valence-corrected chi connectivity index (χ2v) is 3.76. The predicted molar refractivity (Wildman–Crippen MR) is 66.2 cm³/mol. The Morgan fingerprint density at radius 1 is 0.944 bits per heavy atom. The van der Waals surface area contributed by atoms with Crippen LogP contribution in [0.3, 0.4) is 0 Å². The predicted octanol–water partition coefficient (Wildman–Crippen LogP) is 3.86. The van der Waals surface area contributed by atoms with E-state index in [2.05, 4.69) is 0 Å². The fourth-order valence-corrected chi connectivity index (χ4v) is 1.49. The number of halogens is 2. The molecule has 0 heterocycles. The summed E-state index contributed by atoms with van der Waals surface area (Å²) in [4.78, 5) is 11.7. The Balaban J connectivity index is 2.14. The van der Waals surface area contributed by atoms with Gasteiger partial charge in [0.15, 0.2) is 5.78 Å². The van der Waals surface area contributed by atoms with E-state index in [4.69, 9.17) is 0 Å². The summed E-state index contributed by atoms with van der Waals surface area (Å²) in [5.74, 6) is -0.994. The van der Waals surface area contributed by atoms with Crippen LogP contribution in [0.5, 0.6) is 0 Å². The molecule has 0 bridgehead atoms. The zero-order valence-corrected chi connectivity index (χ0v) is 9.44. The molecular weight excluding hydrogens is 234 g/mol. The second kappa shape index (κ2) is 5.36. The molecule has 0 fully saturated rings. The van der Waals surface area contributed by atoms with Gasteiger partial charge in [-0.15, -0.1) is 0 Å². The standard InChI is InChI=1S/C15H10F2O/c16-13-7-5-12(6-8-13)15(18)9-4-11-2-1-3-14(17)10-11/h1-10H. The molecule has 0 spiro atoms. The van der Waals surface area contributed by atoms with Gasteiger partial charge in [-0.1, -0.05) is 18.2 Å². The normalized spacial score (nSPS) is 10.8. The lowest BCUT2D eigenvalue weighted by Crippen LogP contribution is -1.93. The molecule has 0 atom stereocenters. The monoisotopic (exact) mass is 244 g/mol. The molecule has 0 unspecified atom stereocenters. The molecule has 0 radical (unpaired) electrons. The van der Waals surface area contributed by atoms with Crippen LogP contribution in [-0.4, -0.2) is 5.78 Å². The second-order valence-electron chi connectivity index (χ2n) is 3.76. The first-order chi connectivity index (χ1) is 8.65. The number of carbonyl (C=O) groups is 1. The zero-order valence-electron chi connectivity index (χ0n) is 9.44. The van der Waals surface area contributed by atoms with Crippen LogP contribution in [0, 0.1) is 11.6 Å². The maximum Gasteiger partial charge on any atom is 0.185 e. The number of rotatable bonds is 3. The van der Waals surface area contributed by atoms with Crippen molar-refractivity contribution in [3.8, 4) is 0 Å². The molecule has 0 N–H and O–H groups in total. The van der Waals surface area contributed by atoms with Crippen LogP contribution in [0.2, 0.25) is 0 Å². The minimum atomic E-state index is -0.388. The highest BCUT2D eigenvalue weighted by Gasteiger charge is 2.01. The van der Waals surface area contributed by atoms with E-state index >= 15 is 0 Å². The first-order valence-electron chi connectivity index (χ1n) is 5.39. The Hall–Kier alpha value is -2.29. The molecule has 0 aliphatic heterocycles. The van der Waals surface area contributed by atoms with Crippen molar-refractivity contribution in [3.63, 3.8) is 0 Å². The van der Waals surface area contributed by atoms with Gasteiger partial charge in [0.2, 0.25) is 0 Å². The summed E-state index contributed by atoms with van der Waals surface area (Å²) >= 11 is 0. The van der Waals surface area contributed by atoms with Crippen molar-refractivity contribution in [1.29, 1.82) is 0 Å². The largest absolute Gasteiger partial charge is 0.289 e. The highest BCUT2D eigenvalue weighted by atomic mass is 19.1. The first-order valence-corrected chi connectivity index (χ1v) is 5.39. The van der Waals surface area contributed by atoms with Gasteiger partial charge in [-0.3, -0.25) is 4.79 Å². The molecule has 2 aromatic rings. The zero-order chi connectivity index (χ0) is 13.0. The van der Waals surface area contributed by atoms with Gasteiger partial charge in [-0.2, -0.15) is 0 Å². The Bertz CT molecular complexity index is 586. The SMILES string of the molecule is O=C(C=Cc1cccc(F)c1)c1ccc(F)cc1. The highest BCUT2D eigenvalue weighted by Crippen LogP contribution is 2.08. The summed E-state index contributed by atoms with van der Waals surface area (Å²) < 4.78 is 25.6. The van der Waals surface area contributed by atoms with Crippen LogP contribution in [0.25, 0.3) is 6.08 Å². The van der Waals surface area contributed by atoms with E-state index < -0.39 is 0 Å². The third-order valence-electron chi connectivity index (χ3n) is 2.40. The summed E-state index contributed by atoms with van der Waals surface area (Å²) in [7, 11) is 0. The number of ketones is 1. The molecule has 0 amide bonds. The molecule has 90 valence electrons. The lowest BCUT2D eigenvalue weighted by Gasteiger charge is -1.96. The van der Waals surface area contributed by atoms with Gasteiger partial charge in [0.05, 0.1) is 0 Å². The van der Waals surface area contributed by atoms with Gasteiger partial charge < -0.3 is 0 Å². The van der Waals surface area contributed by atoms with Gasteiger partial charge in [-0.05, 0) is 48.0 Å². The average molecular weight is 244 g/mol. The van der Waals surface area contributed by atoms with Crippen LogP contribution in [0.15, 0.2) is 54.6 Å². The van der Waals surface area contributed by atoms with Crippen molar-refractivity contribution in [1.82, 2.24) is 0 Å². The van der Waals surface area contributed by atoms with Gasteiger partial charge >= 0.3 is 0 Å². The van der Waals surface area contributed by atoms with E-state index in [1.807, 2.05) is 0 Å². The van der Waals surface area contributed by atoms with Crippen LogP contribution in [-0.2, 0) is 0 Å². The number of benzene rings is 2. The number of allylic oxidation sites excluding steroid dienone is 1. The first kappa shape index (κ1) is 12.2. The van der Waals surface area contributed by atoms with Gasteiger partial charge in [0, 0.05) is 5.56 Å². The summed E-state index contributed by atoms with van der Waals surface area (Å²) in [6, 6.07) is 11.2. The maximum absolute atomic E-state index is 12.9. The quantitative estimate of drug-likeness (QED) is 0.592. The average Bonchev–Trinajstić information content (AvgIpc) is 2.37. The van der Waals surface area contributed by atoms with E-state index in [0.29, 0.717) is 11.1 Å². The summed E-state index contributed by atoms with van der Waals surface area (Å²) in [5, 5.41) is 0. The molecule has 0 saturated carbocycles. The van der Waals surface area contributed by atoms with Crippen molar-refractivity contribution >= 4 is 11.9 Å². The van der Waals surface area contributed by atoms with Crippen LogP contribution in [0.4, 0.5) is 8.78 Å². The molecule has 2 rings (SSSR count). The highest BCUT2D eigenvalue weighted by molar-refractivity contribution is 6.06. The smallest absolute Gasteiger partial charge is 0.185 e. The molecule has 0 aliphatic carbocycles. The van der Waals surface area contributed by atoms with E-state index in [0.717, 1.165) is 0 Å². The van der Waals surface area contributed by atoms with Crippen LogP contribution < -0.4 is 0 Å². The Morgan fingerprint density at radius 3 is 2.33 bits per heavy atom. The molecule has 0 aliphatic rings. The fraction of sp³-hybridized carbons (Fsp3) is 0.